The normalized spacial score (nSPS) is 19.4. The zero-order valence-corrected chi connectivity index (χ0v) is 12.8. The molecular formula is C16H18ClN3O2. The van der Waals surface area contributed by atoms with E-state index in [4.69, 9.17) is 11.6 Å². The molecule has 1 aromatic carbocycles. The van der Waals surface area contributed by atoms with Crippen molar-refractivity contribution >= 4 is 17.3 Å². The zero-order valence-electron chi connectivity index (χ0n) is 12.1. The van der Waals surface area contributed by atoms with Crippen molar-refractivity contribution in [3.05, 3.63) is 57.5 Å². The molecule has 0 spiro atoms. The van der Waals surface area contributed by atoms with E-state index in [0.717, 1.165) is 24.9 Å². The van der Waals surface area contributed by atoms with Crippen molar-refractivity contribution in [2.75, 3.05) is 11.4 Å². The first-order valence-corrected chi connectivity index (χ1v) is 7.77. The molecule has 0 amide bonds. The van der Waals surface area contributed by atoms with Gasteiger partial charge in [-0.25, -0.2) is 5.10 Å². The van der Waals surface area contributed by atoms with Crippen molar-refractivity contribution in [1.82, 2.24) is 10.2 Å². The van der Waals surface area contributed by atoms with Crippen molar-refractivity contribution in [3.63, 3.8) is 0 Å². The van der Waals surface area contributed by atoms with Gasteiger partial charge < -0.3 is 10.0 Å². The van der Waals surface area contributed by atoms with E-state index < -0.39 is 6.10 Å². The fourth-order valence-corrected chi connectivity index (χ4v) is 3.24. The van der Waals surface area contributed by atoms with Crippen LogP contribution in [0, 0.1) is 0 Å². The van der Waals surface area contributed by atoms with Crippen molar-refractivity contribution in [1.29, 1.82) is 0 Å². The molecule has 116 valence electrons. The highest BCUT2D eigenvalue weighted by Crippen LogP contribution is 2.33. The first kappa shape index (κ1) is 15.1. The number of H-pyrrole nitrogens is 1. The van der Waals surface area contributed by atoms with Crippen molar-refractivity contribution in [3.8, 4) is 0 Å². The number of hydrogen-bond acceptors (Lipinski definition) is 4. The first-order valence-electron chi connectivity index (χ1n) is 7.39. The lowest BCUT2D eigenvalue weighted by atomic mass is 10.0. The standard InChI is InChI=1S/C16H18ClN3O2/c17-15-13(10-18-19-16(15)22)20-8-4-7-12(20)9-14(21)11-5-2-1-3-6-11/h1-3,5-6,10,12,14,21H,4,7-9H2,(H,19,22)/t12-,14+/m1/s1. The van der Waals surface area contributed by atoms with Crippen LogP contribution in [-0.4, -0.2) is 27.9 Å². The van der Waals surface area contributed by atoms with Crippen molar-refractivity contribution in [2.24, 2.45) is 0 Å². The molecule has 0 bridgehead atoms. The molecule has 2 N–H and O–H groups in total. The fraction of sp³-hybridized carbons (Fsp3) is 0.375. The third-order valence-electron chi connectivity index (χ3n) is 4.14. The molecule has 2 atom stereocenters. The summed E-state index contributed by atoms with van der Waals surface area (Å²) in [7, 11) is 0. The maximum absolute atomic E-state index is 11.6. The topological polar surface area (TPSA) is 69.2 Å². The molecular weight excluding hydrogens is 302 g/mol. The molecule has 1 fully saturated rings. The van der Waals surface area contributed by atoms with E-state index in [0.29, 0.717) is 12.1 Å². The number of hydrogen-bond donors (Lipinski definition) is 2. The number of aliphatic hydroxyl groups excluding tert-OH is 1. The Bertz CT molecular complexity index is 689. The number of nitrogens with one attached hydrogen (secondary N) is 1. The highest BCUT2D eigenvalue weighted by atomic mass is 35.5. The van der Waals surface area contributed by atoms with Gasteiger partial charge in [-0.3, -0.25) is 4.79 Å². The lowest BCUT2D eigenvalue weighted by molar-refractivity contribution is 0.158. The van der Waals surface area contributed by atoms with Gasteiger partial charge in [-0.05, 0) is 24.8 Å². The summed E-state index contributed by atoms with van der Waals surface area (Å²) in [6.07, 6.45) is 3.63. The Morgan fingerprint density at radius 1 is 1.41 bits per heavy atom. The second-order valence-corrected chi connectivity index (χ2v) is 5.93. The molecule has 1 aliphatic rings. The quantitative estimate of drug-likeness (QED) is 0.908. The van der Waals surface area contributed by atoms with Gasteiger partial charge in [0.25, 0.3) is 5.56 Å². The second-order valence-electron chi connectivity index (χ2n) is 5.55. The van der Waals surface area contributed by atoms with Gasteiger partial charge in [0, 0.05) is 12.6 Å². The van der Waals surface area contributed by atoms with Gasteiger partial charge in [0.2, 0.25) is 0 Å². The van der Waals surface area contributed by atoms with Gasteiger partial charge in [-0.15, -0.1) is 0 Å². The Hall–Kier alpha value is -1.85. The second kappa shape index (κ2) is 6.50. The van der Waals surface area contributed by atoms with E-state index in [-0.39, 0.29) is 16.6 Å². The number of benzene rings is 1. The van der Waals surface area contributed by atoms with E-state index in [1.165, 1.54) is 0 Å². The van der Waals surface area contributed by atoms with Crippen LogP contribution < -0.4 is 10.5 Å². The van der Waals surface area contributed by atoms with E-state index in [2.05, 4.69) is 15.1 Å². The fourth-order valence-electron chi connectivity index (χ4n) is 3.04. The number of anilines is 1. The summed E-state index contributed by atoms with van der Waals surface area (Å²) in [5, 5.41) is 16.8. The van der Waals surface area contributed by atoms with Crippen LogP contribution in [0.25, 0.3) is 0 Å². The molecule has 0 radical (unpaired) electrons. The Labute approximate surface area is 133 Å². The number of aliphatic hydroxyl groups is 1. The lowest BCUT2D eigenvalue weighted by Crippen LogP contribution is -2.32. The zero-order chi connectivity index (χ0) is 15.5. The molecule has 0 aliphatic carbocycles. The van der Waals surface area contributed by atoms with E-state index in [1.807, 2.05) is 30.3 Å². The minimum atomic E-state index is -0.527. The molecule has 2 heterocycles. The molecule has 2 aromatic rings. The minimum Gasteiger partial charge on any atom is -0.388 e. The van der Waals surface area contributed by atoms with Crippen LogP contribution in [0.3, 0.4) is 0 Å². The minimum absolute atomic E-state index is 0.149. The van der Waals surface area contributed by atoms with Gasteiger partial charge >= 0.3 is 0 Å². The van der Waals surface area contributed by atoms with Gasteiger partial charge in [-0.2, -0.15) is 5.10 Å². The number of aromatic nitrogens is 2. The third kappa shape index (κ3) is 3.00. The Morgan fingerprint density at radius 2 is 2.18 bits per heavy atom. The highest BCUT2D eigenvalue weighted by Gasteiger charge is 2.29. The smallest absolute Gasteiger partial charge is 0.285 e. The van der Waals surface area contributed by atoms with Gasteiger partial charge in [0.05, 0.1) is 18.0 Å². The van der Waals surface area contributed by atoms with Crippen LogP contribution in [0.2, 0.25) is 5.02 Å². The van der Waals surface area contributed by atoms with Crippen LogP contribution in [0.4, 0.5) is 5.69 Å². The maximum atomic E-state index is 11.6. The third-order valence-corrected chi connectivity index (χ3v) is 4.51. The molecule has 1 aromatic heterocycles. The lowest BCUT2D eigenvalue weighted by Gasteiger charge is -2.28. The van der Waals surface area contributed by atoms with Crippen LogP contribution in [0.5, 0.6) is 0 Å². The summed E-state index contributed by atoms with van der Waals surface area (Å²) in [6.45, 7) is 0.816. The number of nitrogens with zero attached hydrogens (tertiary/aromatic N) is 2. The van der Waals surface area contributed by atoms with E-state index in [9.17, 15) is 9.90 Å². The Morgan fingerprint density at radius 3 is 2.95 bits per heavy atom. The van der Waals surface area contributed by atoms with Crippen LogP contribution in [0.1, 0.15) is 30.9 Å². The molecule has 1 aliphatic heterocycles. The number of aromatic amines is 1. The Balaban J connectivity index is 1.79. The maximum Gasteiger partial charge on any atom is 0.285 e. The van der Waals surface area contributed by atoms with E-state index in [1.54, 1.807) is 6.20 Å². The molecule has 0 unspecified atom stereocenters. The predicted octanol–water partition coefficient (Wildman–Crippen LogP) is 2.52. The summed E-state index contributed by atoms with van der Waals surface area (Å²) in [5.74, 6) is 0. The molecule has 22 heavy (non-hydrogen) atoms. The van der Waals surface area contributed by atoms with E-state index >= 15 is 0 Å². The first-order chi connectivity index (χ1) is 10.7. The summed E-state index contributed by atoms with van der Waals surface area (Å²) in [4.78, 5) is 13.7. The summed E-state index contributed by atoms with van der Waals surface area (Å²) >= 11 is 6.10. The van der Waals surface area contributed by atoms with Gasteiger partial charge in [0.1, 0.15) is 5.02 Å². The van der Waals surface area contributed by atoms with Gasteiger partial charge in [-0.1, -0.05) is 41.9 Å². The molecule has 3 rings (SSSR count). The van der Waals surface area contributed by atoms with Crippen LogP contribution >= 0.6 is 11.6 Å². The number of halogens is 1. The van der Waals surface area contributed by atoms with Crippen LogP contribution in [-0.2, 0) is 0 Å². The number of rotatable bonds is 4. The van der Waals surface area contributed by atoms with Crippen molar-refractivity contribution in [2.45, 2.75) is 31.4 Å². The highest BCUT2D eigenvalue weighted by molar-refractivity contribution is 6.33. The van der Waals surface area contributed by atoms with Crippen LogP contribution in [0.15, 0.2) is 41.3 Å². The van der Waals surface area contributed by atoms with Gasteiger partial charge in [0.15, 0.2) is 0 Å². The average Bonchev–Trinajstić information content (AvgIpc) is 2.99. The average molecular weight is 320 g/mol. The monoisotopic (exact) mass is 319 g/mol. The predicted molar refractivity (Wildman–Crippen MR) is 86.3 cm³/mol. The Kier molecular flexibility index (Phi) is 4.45. The molecule has 5 nitrogen and oxygen atoms in total. The summed E-state index contributed by atoms with van der Waals surface area (Å²) < 4.78 is 0. The SMILES string of the molecule is O=c1[nH]ncc(N2CCC[C@@H]2C[C@H](O)c2ccccc2)c1Cl. The summed E-state index contributed by atoms with van der Waals surface area (Å²) in [5.41, 5.74) is 1.17. The summed E-state index contributed by atoms with van der Waals surface area (Å²) in [6, 6.07) is 9.76. The molecule has 1 saturated heterocycles. The largest absolute Gasteiger partial charge is 0.388 e. The van der Waals surface area contributed by atoms with Crippen molar-refractivity contribution < 1.29 is 5.11 Å². The molecule has 6 heteroatoms. The molecule has 0 saturated carbocycles.